The van der Waals surface area contributed by atoms with Gasteiger partial charge in [-0.2, -0.15) is 13.8 Å². The van der Waals surface area contributed by atoms with E-state index < -0.39 is 47.9 Å². The first-order valence-corrected chi connectivity index (χ1v) is 22.2. The Labute approximate surface area is 374 Å². The molecule has 2 aromatic carbocycles. The normalized spacial score (nSPS) is 21.2. The fourth-order valence-corrected chi connectivity index (χ4v) is 9.42. The standard InChI is InChI=1S/C44H55F4N11O6/c1-55-35-24-49-43(53-39(35)59(27-6-4-5-7-27)25-44(47,48)42(55)63)51-33-21-29(45)28(20-36(33)64-2)40(61)54-58-14-11-26(12-15-58)10-13-56-16-18-57(19-17-56)34-23-37(65-3)32(22-30(34)46)50-31-8-9-38(60)52-41(31)62/h20-24,26-27,31,50H,4-19,25H2,1-3H3,(H,54,61)(H,49,51,53)(H,52,60,62). The molecule has 3 aromatic rings. The highest BCUT2D eigenvalue weighted by Gasteiger charge is 2.49. The van der Waals surface area contributed by atoms with Crippen LogP contribution in [0.25, 0.3) is 0 Å². The first-order valence-electron chi connectivity index (χ1n) is 22.2. The minimum absolute atomic E-state index is 0.0283. The summed E-state index contributed by atoms with van der Waals surface area (Å²) in [5, 5.41) is 10.0. The summed E-state index contributed by atoms with van der Waals surface area (Å²) in [5.41, 5.74) is 3.62. The Hall–Kier alpha value is -5.96. The van der Waals surface area contributed by atoms with Crippen LogP contribution < -0.4 is 45.5 Å². The molecule has 5 heterocycles. The Morgan fingerprint density at radius 2 is 1.57 bits per heavy atom. The Bertz CT molecular complexity index is 2290. The van der Waals surface area contributed by atoms with Gasteiger partial charge in [-0.25, -0.2) is 18.8 Å². The number of piperidine rings is 2. The smallest absolute Gasteiger partial charge is 0.342 e. The van der Waals surface area contributed by atoms with E-state index >= 15 is 17.6 Å². The molecule has 1 aliphatic carbocycles. The molecule has 4 amide bonds. The van der Waals surface area contributed by atoms with Gasteiger partial charge in [0.15, 0.2) is 5.82 Å². The number of anilines is 6. The van der Waals surface area contributed by atoms with Crippen LogP contribution in [0.1, 0.15) is 68.1 Å². The van der Waals surface area contributed by atoms with E-state index in [1.807, 2.05) is 4.90 Å². The first kappa shape index (κ1) is 45.6. The van der Waals surface area contributed by atoms with Crippen LogP contribution >= 0.6 is 0 Å². The lowest BCUT2D eigenvalue weighted by atomic mass is 9.94. The Morgan fingerprint density at radius 1 is 0.877 bits per heavy atom. The van der Waals surface area contributed by atoms with Crippen LogP contribution in [-0.4, -0.2) is 135 Å². The van der Waals surface area contributed by atoms with Crippen LogP contribution in [-0.2, 0) is 14.4 Å². The fraction of sp³-hybridized carbons (Fsp3) is 0.545. The summed E-state index contributed by atoms with van der Waals surface area (Å²) in [4.78, 5) is 65.4. The lowest BCUT2D eigenvalue weighted by Gasteiger charge is -2.38. The SMILES string of the molecule is COc1cc(C(=O)NN2CCC(CCN3CCN(c4cc(OC)c(NC5CCC(=O)NC5=O)cc4F)CC3)CC2)c(F)cc1Nc1ncc2c(n1)N(C1CCCC1)CC(F)(F)C(=O)N2C. The number of benzene rings is 2. The van der Waals surface area contributed by atoms with Crippen LogP contribution in [0.2, 0.25) is 0 Å². The number of alkyl halides is 2. The number of hydrazine groups is 1. The summed E-state index contributed by atoms with van der Waals surface area (Å²) in [5.74, 6) is -6.57. The summed E-state index contributed by atoms with van der Waals surface area (Å²) in [6.07, 6.45) is 7.51. The molecule has 1 aromatic heterocycles. The van der Waals surface area contributed by atoms with Crippen LogP contribution in [0.5, 0.6) is 11.5 Å². The average Bonchev–Trinajstić information content (AvgIpc) is 3.82. The molecule has 65 heavy (non-hydrogen) atoms. The van der Waals surface area contributed by atoms with Crippen molar-refractivity contribution in [2.24, 2.45) is 5.92 Å². The minimum atomic E-state index is -3.64. The molecule has 4 N–H and O–H groups in total. The summed E-state index contributed by atoms with van der Waals surface area (Å²) in [6, 6.07) is 4.45. The number of imide groups is 1. The molecule has 21 heteroatoms. The molecule has 350 valence electrons. The van der Waals surface area contributed by atoms with Gasteiger partial charge in [-0.15, -0.1) is 0 Å². The van der Waals surface area contributed by atoms with Crippen molar-refractivity contribution in [3.63, 3.8) is 0 Å². The second kappa shape index (κ2) is 19.3. The van der Waals surface area contributed by atoms with Crippen molar-refractivity contribution in [1.29, 1.82) is 0 Å². The van der Waals surface area contributed by atoms with E-state index in [4.69, 9.17) is 9.47 Å². The van der Waals surface area contributed by atoms with Crippen molar-refractivity contribution in [2.45, 2.75) is 75.8 Å². The van der Waals surface area contributed by atoms with Gasteiger partial charge in [0.05, 0.1) is 49.6 Å². The van der Waals surface area contributed by atoms with Gasteiger partial charge in [0.2, 0.25) is 17.8 Å². The number of rotatable bonds is 13. The molecule has 1 atom stereocenters. The van der Waals surface area contributed by atoms with E-state index in [9.17, 15) is 19.2 Å². The zero-order chi connectivity index (χ0) is 46.0. The molecule has 3 saturated heterocycles. The highest BCUT2D eigenvalue weighted by molar-refractivity contribution is 6.02. The molecular weight excluding hydrogens is 855 g/mol. The van der Waals surface area contributed by atoms with Crippen molar-refractivity contribution in [1.82, 2.24) is 30.6 Å². The minimum Gasteiger partial charge on any atom is -0.495 e. The molecule has 8 rings (SSSR count). The number of halogens is 4. The number of piperazine rings is 1. The highest BCUT2D eigenvalue weighted by Crippen LogP contribution is 2.41. The van der Waals surface area contributed by atoms with Gasteiger partial charge in [-0.3, -0.25) is 34.8 Å². The number of aromatic nitrogens is 2. The largest absolute Gasteiger partial charge is 0.495 e. The summed E-state index contributed by atoms with van der Waals surface area (Å²) in [6.45, 7) is 3.95. The van der Waals surface area contributed by atoms with Gasteiger partial charge in [-0.1, -0.05) is 12.8 Å². The second-order valence-corrected chi connectivity index (χ2v) is 17.3. The maximum atomic E-state index is 15.7. The monoisotopic (exact) mass is 909 g/mol. The van der Waals surface area contributed by atoms with Crippen molar-refractivity contribution in [2.75, 3.05) is 99.0 Å². The van der Waals surface area contributed by atoms with Gasteiger partial charge in [0, 0.05) is 77.0 Å². The molecule has 0 spiro atoms. The molecule has 4 aliphatic heterocycles. The number of nitrogens with one attached hydrogen (secondary N) is 4. The van der Waals surface area contributed by atoms with E-state index in [0.29, 0.717) is 68.5 Å². The lowest BCUT2D eigenvalue weighted by Crippen LogP contribution is -2.48. The van der Waals surface area contributed by atoms with Crippen molar-refractivity contribution in [3.8, 4) is 11.5 Å². The summed E-state index contributed by atoms with van der Waals surface area (Å²) >= 11 is 0. The molecule has 17 nitrogen and oxygen atoms in total. The summed E-state index contributed by atoms with van der Waals surface area (Å²) < 4.78 is 72.3. The van der Waals surface area contributed by atoms with Gasteiger partial charge >= 0.3 is 5.92 Å². The third kappa shape index (κ3) is 10.00. The predicted octanol–water partition coefficient (Wildman–Crippen LogP) is 4.66. The quantitative estimate of drug-likeness (QED) is 0.138. The number of fused-ring (bicyclic) bond motifs is 1. The van der Waals surface area contributed by atoms with Crippen molar-refractivity contribution < 1.29 is 46.2 Å². The Kier molecular flexibility index (Phi) is 13.5. The number of nitrogens with zero attached hydrogens (tertiary/aromatic N) is 7. The zero-order valence-electron chi connectivity index (χ0n) is 36.7. The third-order valence-corrected chi connectivity index (χ3v) is 13.2. The van der Waals surface area contributed by atoms with Gasteiger partial charge in [0.1, 0.15) is 34.9 Å². The average molecular weight is 910 g/mol. The number of carbonyl (C=O) groups excluding carboxylic acids is 4. The second-order valence-electron chi connectivity index (χ2n) is 17.3. The van der Waals surface area contributed by atoms with Gasteiger partial charge in [0.25, 0.3) is 11.8 Å². The molecule has 1 unspecified atom stereocenters. The number of methoxy groups -OCH3 is 2. The topological polar surface area (TPSA) is 177 Å². The van der Waals surface area contributed by atoms with E-state index in [0.717, 1.165) is 62.7 Å². The van der Waals surface area contributed by atoms with Crippen LogP contribution in [0.4, 0.5) is 52.1 Å². The lowest BCUT2D eigenvalue weighted by molar-refractivity contribution is -0.140. The molecule has 5 aliphatic rings. The number of hydrogen-bond donors (Lipinski definition) is 4. The van der Waals surface area contributed by atoms with Crippen molar-refractivity contribution in [3.05, 3.63) is 47.7 Å². The number of carbonyl (C=O) groups is 4. The number of ether oxygens (including phenoxy) is 2. The van der Waals surface area contributed by atoms with Crippen molar-refractivity contribution >= 4 is 58.1 Å². The van der Waals surface area contributed by atoms with Crippen LogP contribution in [0.15, 0.2) is 30.5 Å². The number of hydrogen-bond acceptors (Lipinski definition) is 14. The zero-order valence-corrected chi connectivity index (χ0v) is 36.7. The van der Waals surface area contributed by atoms with Crippen LogP contribution in [0, 0.1) is 17.6 Å². The summed E-state index contributed by atoms with van der Waals surface area (Å²) in [7, 11) is 4.12. The molecule has 4 fully saturated rings. The van der Waals surface area contributed by atoms with Gasteiger partial charge in [-0.05, 0) is 57.1 Å². The van der Waals surface area contributed by atoms with Crippen LogP contribution in [0.3, 0.4) is 0 Å². The highest BCUT2D eigenvalue weighted by atomic mass is 19.3. The molecular formula is C44H55F4N11O6. The van der Waals surface area contributed by atoms with E-state index in [-0.39, 0.29) is 52.8 Å². The maximum Gasteiger partial charge on any atom is 0.342 e. The van der Waals surface area contributed by atoms with E-state index in [1.165, 1.54) is 44.5 Å². The maximum absolute atomic E-state index is 15.7. The number of amides is 4. The Balaban J connectivity index is 0.816. The molecule has 1 saturated carbocycles. The fourth-order valence-electron chi connectivity index (χ4n) is 9.42. The predicted molar refractivity (Wildman–Crippen MR) is 234 cm³/mol. The van der Waals surface area contributed by atoms with Gasteiger partial charge < -0.3 is 34.8 Å². The van der Waals surface area contributed by atoms with E-state index in [2.05, 4.69) is 36.2 Å². The Morgan fingerprint density at radius 3 is 2.26 bits per heavy atom. The molecule has 0 bridgehead atoms. The molecule has 0 radical (unpaired) electrons. The van der Waals surface area contributed by atoms with E-state index in [1.54, 1.807) is 11.1 Å². The first-order chi connectivity index (χ1) is 31.2. The third-order valence-electron chi connectivity index (χ3n) is 13.2.